The van der Waals surface area contributed by atoms with Crippen molar-refractivity contribution in [1.29, 1.82) is 0 Å². The van der Waals surface area contributed by atoms with Crippen LogP contribution in [-0.2, 0) is 4.79 Å². The molecule has 7 heteroatoms. The third kappa shape index (κ3) is 4.72. The number of nitrogens with zero attached hydrogens (tertiary/aromatic N) is 1. The largest absolute Gasteiger partial charge is 0.396 e. The molecule has 0 aromatic heterocycles. The van der Waals surface area contributed by atoms with Crippen LogP contribution >= 0.6 is 0 Å². The van der Waals surface area contributed by atoms with Crippen molar-refractivity contribution in [3.8, 4) is 0 Å². The van der Waals surface area contributed by atoms with E-state index in [9.17, 15) is 9.90 Å². The summed E-state index contributed by atoms with van der Waals surface area (Å²) in [6, 6.07) is 0.0137. The molecule has 22 heavy (non-hydrogen) atoms. The minimum absolute atomic E-state index is 0.0137. The molecule has 2 heterocycles. The van der Waals surface area contributed by atoms with Crippen LogP contribution in [0.25, 0.3) is 0 Å². The van der Waals surface area contributed by atoms with Gasteiger partial charge in [-0.2, -0.15) is 0 Å². The number of piperidine rings is 1. The van der Waals surface area contributed by atoms with Crippen molar-refractivity contribution in [3.05, 3.63) is 23.0 Å². The molecule has 0 radical (unpaired) electrons. The number of nitrogens with one attached hydrogen (secondary N) is 1. The average Bonchev–Trinajstić information content (AvgIpc) is 2.48. The maximum Gasteiger partial charge on any atom is 0.252 e. The first-order valence-electron chi connectivity index (χ1n) is 7.71. The maximum absolute atomic E-state index is 11.5. The van der Waals surface area contributed by atoms with Gasteiger partial charge >= 0.3 is 0 Å². The van der Waals surface area contributed by atoms with Crippen molar-refractivity contribution in [1.82, 2.24) is 10.2 Å². The van der Waals surface area contributed by atoms with Crippen LogP contribution < -0.4 is 22.5 Å². The van der Waals surface area contributed by atoms with E-state index >= 15 is 0 Å². The monoisotopic (exact) mass is 311 g/mol. The predicted octanol–water partition coefficient (Wildman–Crippen LogP) is -1.16. The number of nitrogens with two attached hydrogens (primary N) is 3. The van der Waals surface area contributed by atoms with Crippen LogP contribution in [0.2, 0.25) is 0 Å². The third-order valence-electron chi connectivity index (χ3n) is 3.79. The zero-order valence-corrected chi connectivity index (χ0v) is 13.5. The standard InChI is InChI=1S/C13H22N4O2.C2H7N/c1-8-4-10(12(15)19)13(16-5-8)17-3-2-11(14)9(6-17)7-18;1-2-3/h4,9,11,16,18H,2-3,5-7,14H2,1H3,(H2,15,19);2-3H2,1H3. The van der Waals surface area contributed by atoms with Crippen LogP contribution in [0.5, 0.6) is 0 Å². The lowest BCUT2D eigenvalue weighted by Gasteiger charge is -2.40. The number of amides is 1. The Morgan fingerprint density at radius 1 is 1.55 bits per heavy atom. The zero-order chi connectivity index (χ0) is 16.7. The van der Waals surface area contributed by atoms with Gasteiger partial charge in [0.05, 0.1) is 5.57 Å². The van der Waals surface area contributed by atoms with Crippen molar-refractivity contribution in [3.63, 3.8) is 0 Å². The Morgan fingerprint density at radius 2 is 2.18 bits per heavy atom. The number of dihydropyridines is 1. The first-order chi connectivity index (χ1) is 10.4. The number of hydrogen-bond donors (Lipinski definition) is 5. The number of hydrogen-bond acceptors (Lipinski definition) is 6. The summed E-state index contributed by atoms with van der Waals surface area (Å²) in [7, 11) is 0. The molecule has 1 amide bonds. The van der Waals surface area contributed by atoms with Crippen molar-refractivity contribution in [2.75, 3.05) is 32.8 Å². The fraction of sp³-hybridized carbons (Fsp3) is 0.667. The fourth-order valence-electron chi connectivity index (χ4n) is 2.60. The van der Waals surface area contributed by atoms with Crippen LogP contribution in [0.15, 0.2) is 23.0 Å². The number of carbonyl (C=O) groups excluding carboxylic acids is 1. The minimum atomic E-state index is -0.433. The van der Waals surface area contributed by atoms with E-state index in [2.05, 4.69) is 10.2 Å². The summed E-state index contributed by atoms with van der Waals surface area (Å²) < 4.78 is 0. The van der Waals surface area contributed by atoms with Gasteiger partial charge in [-0.1, -0.05) is 12.5 Å². The van der Waals surface area contributed by atoms with Crippen LogP contribution in [0.1, 0.15) is 20.3 Å². The number of carbonyl (C=O) groups is 1. The Labute approximate surface area is 132 Å². The van der Waals surface area contributed by atoms with Crippen molar-refractivity contribution in [2.24, 2.45) is 23.1 Å². The van der Waals surface area contributed by atoms with Gasteiger partial charge in [0.2, 0.25) is 0 Å². The Bertz CT molecular complexity index is 447. The second-order valence-corrected chi connectivity index (χ2v) is 5.72. The molecule has 0 aromatic carbocycles. The zero-order valence-electron chi connectivity index (χ0n) is 13.5. The second-order valence-electron chi connectivity index (χ2n) is 5.72. The van der Waals surface area contributed by atoms with E-state index in [0.717, 1.165) is 30.9 Å². The summed E-state index contributed by atoms with van der Waals surface area (Å²) >= 11 is 0. The molecule has 8 N–H and O–H groups in total. The van der Waals surface area contributed by atoms with Crippen LogP contribution in [0.4, 0.5) is 0 Å². The highest BCUT2D eigenvalue weighted by Crippen LogP contribution is 2.22. The number of primary amides is 1. The van der Waals surface area contributed by atoms with Crippen molar-refractivity contribution >= 4 is 5.91 Å². The van der Waals surface area contributed by atoms with Gasteiger partial charge in [0, 0.05) is 38.2 Å². The van der Waals surface area contributed by atoms with E-state index in [1.807, 2.05) is 19.9 Å². The van der Waals surface area contributed by atoms with E-state index < -0.39 is 5.91 Å². The number of aliphatic hydroxyl groups excluding tert-OH is 1. The van der Waals surface area contributed by atoms with Gasteiger partial charge in [0.25, 0.3) is 5.91 Å². The lowest BCUT2D eigenvalue weighted by atomic mass is 9.93. The van der Waals surface area contributed by atoms with E-state index in [-0.39, 0.29) is 18.6 Å². The summed E-state index contributed by atoms with van der Waals surface area (Å²) in [5.41, 5.74) is 17.8. The molecule has 0 aliphatic carbocycles. The van der Waals surface area contributed by atoms with E-state index in [1.54, 1.807) is 0 Å². The Hall–Kier alpha value is -1.57. The molecule has 2 atom stereocenters. The Balaban J connectivity index is 0.000000745. The number of rotatable bonds is 3. The minimum Gasteiger partial charge on any atom is -0.396 e. The van der Waals surface area contributed by atoms with Gasteiger partial charge in [-0.3, -0.25) is 4.79 Å². The molecular weight excluding hydrogens is 282 g/mol. The molecule has 2 unspecified atom stereocenters. The first kappa shape index (κ1) is 18.5. The summed E-state index contributed by atoms with van der Waals surface area (Å²) in [6.45, 7) is 6.78. The van der Waals surface area contributed by atoms with Crippen molar-refractivity contribution in [2.45, 2.75) is 26.3 Å². The highest BCUT2D eigenvalue weighted by molar-refractivity contribution is 5.95. The highest BCUT2D eigenvalue weighted by atomic mass is 16.3. The SMILES string of the molecule is CC1=CC(C(N)=O)=C(N2CCC(N)C(CO)C2)NC1.CCN. The summed E-state index contributed by atoms with van der Waals surface area (Å²) in [4.78, 5) is 13.6. The molecule has 0 saturated carbocycles. The molecular formula is C15H29N5O2. The Morgan fingerprint density at radius 3 is 2.73 bits per heavy atom. The van der Waals surface area contributed by atoms with Crippen LogP contribution in [0, 0.1) is 5.92 Å². The first-order valence-corrected chi connectivity index (χ1v) is 7.71. The summed E-state index contributed by atoms with van der Waals surface area (Å²) in [5.74, 6) is 0.365. The Kier molecular flexibility index (Phi) is 7.37. The smallest absolute Gasteiger partial charge is 0.252 e. The van der Waals surface area contributed by atoms with Gasteiger partial charge in [-0.05, 0) is 26.0 Å². The van der Waals surface area contributed by atoms with Gasteiger partial charge in [0.15, 0.2) is 0 Å². The molecule has 0 spiro atoms. The predicted molar refractivity (Wildman–Crippen MR) is 87.4 cm³/mol. The third-order valence-corrected chi connectivity index (χ3v) is 3.79. The quantitative estimate of drug-likeness (QED) is 0.447. The molecule has 2 rings (SSSR count). The molecule has 7 nitrogen and oxygen atoms in total. The maximum atomic E-state index is 11.5. The van der Waals surface area contributed by atoms with E-state index in [0.29, 0.717) is 18.7 Å². The number of aliphatic hydroxyl groups is 1. The molecule has 1 saturated heterocycles. The molecule has 0 aromatic rings. The fourth-order valence-corrected chi connectivity index (χ4v) is 2.60. The van der Waals surface area contributed by atoms with Gasteiger partial charge in [0.1, 0.15) is 5.82 Å². The number of likely N-dealkylation sites (tertiary alicyclic amines) is 1. The second kappa shape index (κ2) is 8.77. The van der Waals surface area contributed by atoms with E-state index in [4.69, 9.17) is 17.2 Å². The molecule has 2 aliphatic heterocycles. The summed E-state index contributed by atoms with van der Waals surface area (Å²) in [5, 5.41) is 12.6. The normalized spacial score (nSPS) is 25.0. The molecule has 1 fully saturated rings. The highest BCUT2D eigenvalue weighted by Gasteiger charge is 2.29. The van der Waals surface area contributed by atoms with Crippen LogP contribution in [-0.4, -0.2) is 54.7 Å². The van der Waals surface area contributed by atoms with Gasteiger partial charge in [-0.25, -0.2) is 0 Å². The lowest BCUT2D eigenvalue weighted by molar-refractivity contribution is -0.114. The van der Waals surface area contributed by atoms with Crippen molar-refractivity contribution < 1.29 is 9.90 Å². The molecule has 2 aliphatic rings. The van der Waals surface area contributed by atoms with Crippen LogP contribution in [0.3, 0.4) is 0 Å². The lowest BCUT2D eigenvalue weighted by Crippen LogP contribution is -2.51. The molecule has 0 bridgehead atoms. The average molecular weight is 311 g/mol. The topological polar surface area (TPSA) is 131 Å². The van der Waals surface area contributed by atoms with Gasteiger partial charge in [-0.15, -0.1) is 0 Å². The summed E-state index contributed by atoms with van der Waals surface area (Å²) in [6.07, 6.45) is 2.63. The molecule has 126 valence electrons. The van der Waals surface area contributed by atoms with Gasteiger partial charge < -0.3 is 32.5 Å². The van der Waals surface area contributed by atoms with E-state index in [1.165, 1.54) is 0 Å².